The highest BCUT2D eigenvalue weighted by Gasteiger charge is 2.15. The second kappa shape index (κ2) is 5.89. The lowest BCUT2D eigenvalue weighted by Gasteiger charge is -2.11. The Morgan fingerprint density at radius 3 is 2.62 bits per heavy atom. The summed E-state index contributed by atoms with van der Waals surface area (Å²) in [6.07, 6.45) is 0. The summed E-state index contributed by atoms with van der Waals surface area (Å²) in [5.74, 6) is 0.210. The van der Waals surface area contributed by atoms with Gasteiger partial charge in [0.2, 0.25) is 0 Å². The number of esters is 1. The molecule has 0 atom stereocenters. The van der Waals surface area contributed by atoms with Gasteiger partial charge in [0.1, 0.15) is 11.3 Å². The lowest BCUT2D eigenvalue weighted by Crippen LogP contribution is -2.08. The second-order valence-corrected chi connectivity index (χ2v) is 3.89. The molecule has 3 nitrogen and oxygen atoms in total. The second-order valence-electron chi connectivity index (χ2n) is 3.33. The molecule has 16 heavy (non-hydrogen) atoms. The Morgan fingerprint density at radius 2 is 2.12 bits per heavy atom. The van der Waals surface area contributed by atoms with E-state index in [9.17, 15) is 4.79 Å². The van der Waals surface area contributed by atoms with Crippen molar-refractivity contribution in [3.05, 3.63) is 28.8 Å². The summed E-state index contributed by atoms with van der Waals surface area (Å²) in [6.45, 7) is 4.12. The molecular weight excluding hydrogens is 272 g/mol. The summed E-state index contributed by atoms with van der Waals surface area (Å²) in [5, 5.41) is 0.704. The van der Waals surface area contributed by atoms with Gasteiger partial charge in [-0.2, -0.15) is 0 Å². The number of ether oxygens (including phenoxy) is 2. The summed E-state index contributed by atoms with van der Waals surface area (Å²) >= 11 is 3.38. The normalized spacial score (nSPS) is 10.0. The highest BCUT2D eigenvalue weighted by atomic mass is 79.9. The molecule has 0 spiro atoms. The van der Waals surface area contributed by atoms with Crippen molar-refractivity contribution in [1.29, 1.82) is 0 Å². The van der Waals surface area contributed by atoms with E-state index in [-0.39, 0.29) is 5.97 Å². The van der Waals surface area contributed by atoms with E-state index in [0.29, 0.717) is 23.2 Å². The summed E-state index contributed by atoms with van der Waals surface area (Å²) in [4.78, 5) is 11.7. The maximum absolute atomic E-state index is 11.7. The Labute approximate surface area is 104 Å². The quantitative estimate of drug-likeness (QED) is 0.630. The Bertz CT molecular complexity index is 388. The van der Waals surface area contributed by atoms with E-state index in [1.807, 2.05) is 13.0 Å². The highest BCUT2D eigenvalue weighted by Crippen LogP contribution is 2.25. The Kier molecular flexibility index (Phi) is 4.80. The maximum Gasteiger partial charge on any atom is 0.341 e. The molecule has 0 aliphatic rings. The van der Waals surface area contributed by atoms with Crippen molar-refractivity contribution in [2.75, 3.05) is 13.7 Å². The monoisotopic (exact) mass is 286 g/mol. The molecule has 4 heteroatoms. The van der Waals surface area contributed by atoms with E-state index in [2.05, 4.69) is 15.9 Å². The standard InChI is InChI=1S/C12H15BrO3/c1-4-16-12(14)10-6-9(7-13)8(2)5-11(10)15-3/h5-6H,4,7H2,1-3H3. The third-order valence-corrected chi connectivity index (χ3v) is 2.90. The minimum atomic E-state index is -0.346. The summed E-state index contributed by atoms with van der Waals surface area (Å²) < 4.78 is 10.2. The Morgan fingerprint density at radius 1 is 1.44 bits per heavy atom. The van der Waals surface area contributed by atoms with Crippen molar-refractivity contribution in [1.82, 2.24) is 0 Å². The zero-order valence-corrected chi connectivity index (χ0v) is 11.3. The molecule has 1 rings (SSSR count). The predicted molar refractivity (Wildman–Crippen MR) is 66.3 cm³/mol. The lowest BCUT2D eigenvalue weighted by molar-refractivity contribution is 0.0522. The number of rotatable bonds is 4. The zero-order chi connectivity index (χ0) is 12.1. The van der Waals surface area contributed by atoms with Crippen LogP contribution in [-0.4, -0.2) is 19.7 Å². The third-order valence-electron chi connectivity index (χ3n) is 2.30. The molecule has 0 heterocycles. The largest absolute Gasteiger partial charge is 0.496 e. The smallest absolute Gasteiger partial charge is 0.341 e. The summed E-state index contributed by atoms with van der Waals surface area (Å²) in [5.41, 5.74) is 2.62. The Balaban J connectivity index is 3.19. The molecule has 88 valence electrons. The van der Waals surface area contributed by atoms with Crippen molar-refractivity contribution in [2.45, 2.75) is 19.2 Å². The molecule has 0 saturated heterocycles. The zero-order valence-electron chi connectivity index (χ0n) is 9.67. The molecule has 1 aromatic carbocycles. The van der Waals surface area contributed by atoms with Crippen molar-refractivity contribution in [3.63, 3.8) is 0 Å². The maximum atomic E-state index is 11.7. The molecule has 0 amide bonds. The molecule has 0 saturated carbocycles. The third kappa shape index (κ3) is 2.76. The molecule has 0 aliphatic heterocycles. The van der Waals surface area contributed by atoms with Crippen LogP contribution in [0.2, 0.25) is 0 Å². The molecule has 0 unspecified atom stereocenters. The average Bonchev–Trinajstić information content (AvgIpc) is 2.28. The number of hydrogen-bond acceptors (Lipinski definition) is 3. The summed E-state index contributed by atoms with van der Waals surface area (Å²) in [6, 6.07) is 3.66. The van der Waals surface area contributed by atoms with Gasteiger partial charge in [-0.25, -0.2) is 4.79 Å². The first-order valence-corrected chi connectivity index (χ1v) is 6.16. The van der Waals surface area contributed by atoms with Gasteiger partial charge in [-0.15, -0.1) is 0 Å². The van der Waals surface area contributed by atoms with Gasteiger partial charge in [-0.3, -0.25) is 0 Å². The number of hydrogen-bond donors (Lipinski definition) is 0. The van der Waals surface area contributed by atoms with Gasteiger partial charge in [0.15, 0.2) is 0 Å². The van der Waals surface area contributed by atoms with Gasteiger partial charge < -0.3 is 9.47 Å². The van der Waals surface area contributed by atoms with Crippen LogP contribution in [0.1, 0.15) is 28.4 Å². The number of benzene rings is 1. The molecular formula is C12H15BrO3. The van der Waals surface area contributed by atoms with Gasteiger partial charge in [0.05, 0.1) is 13.7 Å². The molecule has 0 fully saturated rings. The number of halogens is 1. The van der Waals surface area contributed by atoms with Crippen LogP contribution in [0.3, 0.4) is 0 Å². The van der Waals surface area contributed by atoms with E-state index in [0.717, 1.165) is 11.1 Å². The molecule has 0 radical (unpaired) electrons. The summed E-state index contributed by atoms with van der Waals surface area (Å²) in [7, 11) is 1.55. The van der Waals surface area contributed by atoms with Crippen LogP contribution < -0.4 is 4.74 Å². The van der Waals surface area contributed by atoms with E-state index in [1.54, 1.807) is 20.1 Å². The topological polar surface area (TPSA) is 35.5 Å². The van der Waals surface area contributed by atoms with Gasteiger partial charge in [0.25, 0.3) is 0 Å². The van der Waals surface area contributed by atoms with Gasteiger partial charge >= 0.3 is 5.97 Å². The average molecular weight is 287 g/mol. The molecule has 0 aromatic heterocycles. The predicted octanol–water partition coefficient (Wildman–Crippen LogP) is 3.08. The van der Waals surface area contributed by atoms with Crippen molar-refractivity contribution >= 4 is 21.9 Å². The van der Waals surface area contributed by atoms with E-state index < -0.39 is 0 Å². The Hall–Kier alpha value is -1.03. The van der Waals surface area contributed by atoms with Crippen LogP contribution in [0.5, 0.6) is 5.75 Å². The minimum Gasteiger partial charge on any atom is -0.496 e. The van der Waals surface area contributed by atoms with Crippen LogP contribution in [0.25, 0.3) is 0 Å². The highest BCUT2D eigenvalue weighted by molar-refractivity contribution is 9.08. The van der Waals surface area contributed by atoms with Crippen molar-refractivity contribution in [3.8, 4) is 5.75 Å². The van der Waals surface area contributed by atoms with E-state index >= 15 is 0 Å². The first-order chi connectivity index (χ1) is 7.63. The number of aryl methyl sites for hydroxylation is 1. The fourth-order valence-electron chi connectivity index (χ4n) is 1.41. The number of carbonyl (C=O) groups excluding carboxylic acids is 1. The van der Waals surface area contributed by atoms with Crippen LogP contribution in [0, 0.1) is 6.92 Å². The molecule has 1 aromatic rings. The lowest BCUT2D eigenvalue weighted by atomic mass is 10.1. The fourth-order valence-corrected chi connectivity index (χ4v) is 2.01. The number of alkyl halides is 1. The molecule has 0 N–H and O–H groups in total. The molecule has 0 aliphatic carbocycles. The molecule has 0 bridgehead atoms. The fraction of sp³-hybridized carbons (Fsp3) is 0.417. The van der Waals surface area contributed by atoms with Crippen LogP contribution >= 0.6 is 15.9 Å². The van der Waals surface area contributed by atoms with Crippen molar-refractivity contribution in [2.24, 2.45) is 0 Å². The van der Waals surface area contributed by atoms with Crippen molar-refractivity contribution < 1.29 is 14.3 Å². The first-order valence-electron chi connectivity index (χ1n) is 5.04. The van der Waals surface area contributed by atoms with Crippen LogP contribution in [0.4, 0.5) is 0 Å². The van der Waals surface area contributed by atoms with Crippen LogP contribution in [-0.2, 0) is 10.1 Å². The van der Waals surface area contributed by atoms with E-state index in [1.165, 1.54) is 0 Å². The SMILES string of the molecule is CCOC(=O)c1cc(CBr)c(C)cc1OC. The van der Waals surface area contributed by atoms with Crippen LogP contribution in [0.15, 0.2) is 12.1 Å². The van der Waals surface area contributed by atoms with E-state index in [4.69, 9.17) is 9.47 Å². The minimum absolute atomic E-state index is 0.346. The number of carbonyl (C=O) groups is 1. The van der Waals surface area contributed by atoms with Gasteiger partial charge in [-0.05, 0) is 37.1 Å². The van der Waals surface area contributed by atoms with Gasteiger partial charge in [-0.1, -0.05) is 15.9 Å². The number of methoxy groups -OCH3 is 1. The van der Waals surface area contributed by atoms with Gasteiger partial charge in [0, 0.05) is 5.33 Å². The first kappa shape index (κ1) is 13.0.